The highest BCUT2D eigenvalue weighted by Crippen LogP contribution is 2.33. The molecule has 1 aliphatic rings. The van der Waals surface area contributed by atoms with E-state index in [2.05, 4.69) is 5.32 Å². The number of nitrogens with one attached hydrogen (secondary N) is 1. The zero-order valence-corrected chi connectivity index (χ0v) is 19.4. The largest absolute Gasteiger partial charge is 0.416 e. The van der Waals surface area contributed by atoms with Crippen molar-refractivity contribution in [3.05, 3.63) is 59.7 Å². The molecule has 0 unspecified atom stereocenters. The van der Waals surface area contributed by atoms with Gasteiger partial charge >= 0.3 is 6.18 Å². The van der Waals surface area contributed by atoms with E-state index in [0.717, 1.165) is 66.6 Å². The van der Waals surface area contributed by atoms with E-state index in [9.17, 15) is 26.4 Å². The Labute approximate surface area is 193 Å². The Kier molecular flexibility index (Phi) is 8.05. The van der Waals surface area contributed by atoms with Crippen molar-refractivity contribution in [2.75, 3.05) is 10.8 Å². The van der Waals surface area contributed by atoms with E-state index in [1.54, 1.807) is 19.1 Å². The van der Waals surface area contributed by atoms with Gasteiger partial charge in [0, 0.05) is 6.04 Å². The number of hydrogen-bond acceptors (Lipinski definition) is 3. The van der Waals surface area contributed by atoms with Crippen LogP contribution in [0.15, 0.2) is 53.4 Å². The minimum atomic E-state index is -4.64. The normalized spacial score (nSPS) is 16.0. The first-order chi connectivity index (χ1) is 15.6. The van der Waals surface area contributed by atoms with Gasteiger partial charge in [-0.2, -0.15) is 13.2 Å². The first kappa shape index (κ1) is 25.1. The number of hydrogen-bond donors (Lipinski definition) is 1. The highest BCUT2D eigenvalue weighted by atomic mass is 32.2. The maximum Gasteiger partial charge on any atom is 0.416 e. The average molecular weight is 483 g/mol. The van der Waals surface area contributed by atoms with Gasteiger partial charge in [-0.15, -0.1) is 0 Å². The number of carbonyl (C=O) groups is 1. The molecule has 3 rings (SSSR count). The van der Waals surface area contributed by atoms with Gasteiger partial charge < -0.3 is 5.32 Å². The molecule has 180 valence electrons. The van der Waals surface area contributed by atoms with Crippen LogP contribution in [-0.4, -0.2) is 26.9 Å². The molecule has 9 heteroatoms. The van der Waals surface area contributed by atoms with Gasteiger partial charge in [0.05, 0.1) is 16.1 Å². The minimum absolute atomic E-state index is 0.0664. The lowest BCUT2D eigenvalue weighted by Crippen LogP contribution is -2.44. The molecule has 0 spiro atoms. The van der Waals surface area contributed by atoms with Crippen LogP contribution >= 0.6 is 0 Å². The van der Waals surface area contributed by atoms with E-state index in [4.69, 9.17) is 0 Å². The Morgan fingerprint density at radius 2 is 1.61 bits per heavy atom. The molecule has 0 heterocycles. The van der Waals surface area contributed by atoms with Gasteiger partial charge in [-0.25, -0.2) is 8.42 Å². The highest BCUT2D eigenvalue weighted by Gasteiger charge is 2.33. The van der Waals surface area contributed by atoms with E-state index >= 15 is 0 Å². The second-order valence-corrected chi connectivity index (χ2v) is 10.3. The number of amides is 1. The van der Waals surface area contributed by atoms with Crippen molar-refractivity contribution in [1.82, 2.24) is 5.32 Å². The Bertz CT molecular complexity index is 1050. The molecule has 1 aliphatic carbocycles. The van der Waals surface area contributed by atoms with Crippen molar-refractivity contribution in [3.8, 4) is 0 Å². The van der Waals surface area contributed by atoms with Crippen LogP contribution in [-0.2, 0) is 21.0 Å². The third kappa shape index (κ3) is 6.72. The number of anilines is 1. The van der Waals surface area contributed by atoms with Gasteiger partial charge in [-0.3, -0.25) is 9.10 Å². The van der Waals surface area contributed by atoms with Crippen LogP contribution in [0.3, 0.4) is 0 Å². The predicted octanol–water partition coefficient (Wildman–Crippen LogP) is 5.44. The van der Waals surface area contributed by atoms with Crippen molar-refractivity contribution in [2.45, 2.75) is 69.0 Å². The van der Waals surface area contributed by atoms with Gasteiger partial charge in [-0.05, 0) is 50.1 Å². The third-order valence-electron chi connectivity index (χ3n) is 5.83. The topological polar surface area (TPSA) is 66.5 Å². The van der Waals surface area contributed by atoms with E-state index in [0.29, 0.717) is 0 Å². The lowest BCUT2D eigenvalue weighted by molar-refractivity contribution is -0.137. The number of halogens is 3. The Morgan fingerprint density at radius 3 is 2.21 bits per heavy atom. The Morgan fingerprint density at radius 1 is 1.00 bits per heavy atom. The number of rotatable bonds is 6. The molecule has 0 aliphatic heterocycles. The molecule has 1 saturated carbocycles. The van der Waals surface area contributed by atoms with Crippen molar-refractivity contribution < 1.29 is 26.4 Å². The van der Waals surface area contributed by atoms with Crippen LogP contribution in [0.5, 0.6) is 0 Å². The summed E-state index contributed by atoms with van der Waals surface area (Å²) < 4.78 is 67.4. The summed E-state index contributed by atoms with van der Waals surface area (Å²) in [6, 6.07) is 9.95. The Balaban J connectivity index is 1.91. The van der Waals surface area contributed by atoms with Crippen LogP contribution in [0.1, 0.15) is 56.1 Å². The summed E-state index contributed by atoms with van der Waals surface area (Å²) in [7, 11) is -4.28. The number of sulfonamides is 1. The van der Waals surface area contributed by atoms with E-state index in [1.807, 2.05) is 0 Å². The fourth-order valence-electron chi connectivity index (χ4n) is 3.99. The molecule has 2 aromatic carbocycles. The summed E-state index contributed by atoms with van der Waals surface area (Å²) in [5.74, 6) is -0.534. The number of nitrogens with zero attached hydrogens (tertiary/aromatic N) is 1. The molecular weight excluding hydrogens is 453 g/mol. The maximum atomic E-state index is 13.4. The second-order valence-electron chi connectivity index (χ2n) is 8.48. The van der Waals surface area contributed by atoms with E-state index in [1.165, 1.54) is 24.6 Å². The van der Waals surface area contributed by atoms with Crippen LogP contribution in [0.25, 0.3) is 0 Å². The van der Waals surface area contributed by atoms with Gasteiger partial charge in [0.25, 0.3) is 10.0 Å². The highest BCUT2D eigenvalue weighted by molar-refractivity contribution is 7.92. The quantitative estimate of drug-likeness (QED) is 0.596. The van der Waals surface area contributed by atoms with Crippen molar-refractivity contribution in [2.24, 2.45) is 0 Å². The van der Waals surface area contributed by atoms with Gasteiger partial charge in [-0.1, -0.05) is 55.9 Å². The molecule has 1 N–H and O–H groups in total. The first-order valence-electron chi connectivity index (χ1n) is 11.1. The van der Waals surface area contributed by atoms with Crippen molar-refractivity contribution in [3.63, 3.8) is 0 Å². The molecule has 0 bridgehead atoms. The summed E-state index contributed by atoms with van der Waals surface area (Å²) in [4.78, 5) is 12.8. The fraction of sp³-hybridized carbons (Fsp3) is 0.458. The number of benzene rings is 2. The van der Waals surface area contributed by atoms with Crippen molar-refractivity contribution in [1.29, 1.82) is 0 Å². The average Bonchev–Trinajstić information content (AvgIpc) is 2.73. The molecular formula is C24H29F3N2O3S. The third-order valence-corrected chi connectivity index (χ3v) is 7.62. The molecule has 0 radical (unpaired) electrons. The van der Waals surface area contributed by atoms with E-state index < -0.39 is 34.2 Å². The maximum absolute atomic E-state index is 13.4. The van der Waals surface area contributed by atoms with Crippen LogP contribution < -0.4 is 9.62 Å². The smallest absolute Gasteiger partial charge is 0.352 e. The van der Waals surface area contributed by atoms with Gasteiger partial charge in [0.15, 0.2) is 0 Å². The first-order valence-corrected chi connectivity index (χ1v) is 12.6. The fourth-order valence-corrected chi connectivity index (χ4v) is 5.41. The van der Waals surface area contributed by atoms with Crippen LogP contribution in [0, 0.1) is 6.92 Å². The standard InChI is InChI=1S/C24H29F3N2O3S/c1-18-12-14-22(15-13-18)33(31,32)29(21-11-7-8-19(16-21)24(25,26)27)17-23(30)28-20-9-5-3-2-4-6-10-20/h7-8,11-16,20H,2-6,9-10,17H2,1H3,(H,28,30). The molecule has 0 atom stereocenters. The van der Waals surface area contributed by atoms with Crippen molar-refractivity contribution >= 4 is 21.6 Å². The van der Waals surface area contributed by atoms with Gasteiger partial charge in [0.1, 0.15) is 6.54 Å². The van der Waals surface area contributed by atoms with E-state index in [-0.39, 0.29) is 16.6 Å². The molecule has 5 nitrogen and oxygen atoms in total. The van der Waals surface area contributed by atoms with Crippen LogP contribution in [0.2, 0.25) is 0 Å². The number of aryl methyl sites for hydroxylation is 1. The number of carbonyl (C=O) groups excluding carboxylic acids is 1. The molecule has 0 aromatic heterocycles. The molecule has 1 amide bonds. The van der Waals surface area contributed by atoms with Crippen LogP contribution in [0.4, 0.5) is 18.9 Å². The lowest BCUT2D eigenvalue weighted by atomic mass is 9.97. The molecule has 2 aromatic rings. The molecule has 0 saturated heterocycles. The minimum Gasteiger partial charge on any atom is -0.352 e. The zero-order chi connectivity index (χ0) is 24.1. The predicted molar refractivity (Wildman–Crippen MR) is 121 cm³/mol. The summed E-state index contributed by atoms with van der Waals surface area (Å²) >= 11 is 0. The Hall–Kier alpha value is -2.55. The SMILES string of the molecule is Cc1ccc(S(=O)(=O)N(CC(=O)NC2CCCCCCC2)c2cccc(C(F)(F)F)c2)cc1. The zero-order valence-electron chi connectivity index (χ0n) is 18.6. The monoisotopic (exact) mass is 482 g/mol. The summed E-state index contributed by atoms with van der Waals surface area (Å²) in [6.07, 6.45) is 2.26. The molecule has 33 heavy (non-hydrogen) atoms. The lowest BCUT2D eigenvalue weighted by Gasteiger charge is -2.27. The summed E-state index contributed by atoms with van der Waals surface area (Å²) in [6.45, 7) is 1.19. The summed E-state index contributed by atoms with van der Waals surface area (Å²) in [5, 5.41) is 2.90. The number of alkyl halides is 3. The summed E-state index contributed by atoms with van der Waals surface area (Å²) in [5.41, 5.74) is -0.357. The molecule has 1 fully saturated rings. The second kappa shape index (κ2) is 10.6. The van der Waals surface area contributed by atoms with Gasteiger partial charge in [0.2, 0.25) is 5.91 Å².